The van der Waals surface area contributed by atoms with Gasteiger partial charge in [0.2, 0.25) is 5.60 Å². The molecule has 3 saturated heterocycles. The summed E-state index contributed by atoms with van der Waals surface area (Å²) in [4.78, 5) is 14.7. The number of ether oxygens (including phenoxy) is 1. The zero-order chi connectivity index (χ0) is 22.0. The van der Waals surface area contributed by atoms with Crippen LogP contribution >= 0.6 is 22.7 Å². The van der Waals surface area contributed by atoms with E-state index in [0.29, 0.717) is 15.7 Å². The van der Waals surface area contributed by atoms with E-state index in [1.165, 1.54) is 41.3 Å². The Morgan fingerprint density at radius 1 is 1.00 bits per heavy atom. The third-order valence-electron chi connectivity index (χ3n) is 7.29. The molecule has 4 nitrogen and oxygen atoms in total. The molecule has 0 aliphatic carbocycles. The van der Waals surface area contributed by atoms with Gasteiger partial charge in [0.05, 0.1) is 29.4 Å². The fourth-order valence-electron chi connectivity index (χ4n) is 5.45. The predicted molar refractivity (Wildman–Crippen MR) is 129 cm³/mol. The Hall–Kier alpha value is -1.99. The monoisotopic (exact) mass is 468 g/mol. The van der Waals surface area contributed by atoms with E-state index in [-0.39, 0.29) is 6.10 Å². The van der Waals surface area contributed by atoms with Gasteiger partial charge in [0.15, 0.2) is 6.10 Å². The lowest BCUT2D eigenvalue weighted by Gasteiger charge is -2.52. The summed E-state index contributed by atoms with van der Waals surface area (Å²) in [7, 11) is 0. The Morgan fingerprint density at radius 2 is 1.66 bits per heavy atom. The number of rotatable bonds is 8. The van der Waals surface area contributed by atoms with Crippen molar-refractivity contribution in [3.05, 3.63) is 80.7 Å². The van der Waals surface area contributed by atoms with Gasteiger partial charge in [0.1, 0.15) is 6.54 Å². The lowest BCUT2D eigenvalue weighted by atomic mass is 9.82. The Kier molecular flexibility index (Phi) is 6.21. The van der Waals surface area contributed by atoms with Crippen molar-refractivity contribution in [1.82, 2.24) is 0 Å². The molecule has 3 fully saturated rings. The predicted octanol–water partition coefficient (Wildman–Crippen LogP) is 4.83. The number of thiophene rings is 2. The average molecular weight is 469 g/mol. The molecule has 32 heavy (non-hydrogen) atoms. The standard InChI is InChI=1S/C26H30NO3S2/c28-25(26(29,23-10-5-17-31-23)24-11-6-18-32-24)30-22-19-27(15-12-21(22)13-16-27)14-4-9-20-7-2-1-3-8-20/h1-3,5-8,10-11,17-18,21-22,29H,4,9,12-16,19H2/q+1. The van der Waals surface area contributed by atoms with Crippen LogP contribution in [0.2, 0.25) is 0 Å². The Labute approximate surface area is 197 Å². The molecule has 0 spiro atoms. The molecule has 0 saturated carbocycles. The van der Waals surface area contributed by atoms with Gasteiger partial charge in [-0.15, -0.1) is 22.7 Å². The fourth-order valence-corrected chi connectivity index (χ4v) is 7.16. The molecule has 168 valence electrons. The molecule has 1 atom stereocenters. The third kappa shape index (κ3) is 4.17. The van der Waals surface area contributed by atoms with Crippen LogP contribution in [-0.2, 0) is 21.6 Å². The van der Waals surface area contributed by atoms with Crippen LogP contribution in [0.25, 0.3) is 0 Å². The minimum Gasteiger partial charge on any atom is -0.453 e. The van der Waals surface area contributed by atoms with E-state index in [0.717, 1.165) is 43.3 Å². The number of nitrogens with zero attached hydrogens (tertiary/aromatic N) is 1. The van der Waals surface area contributed by atoms with Crippen molar-refractivity contribution in [3.8, 4) is 0 Å². The van der Waals surface area contributed by atoms with Crippen LogP contribution < -0.4 is 0 Å². The van der Waals surface area contributed by atoms with Crippen LogP contribution in [0.3, 0.4) is 0 Å². The van der Waals surface area contributed by atoms with Crippen molar-refractivity contribution in [2.75, 3.05) is 26.2 Å². The fraction of sp³-hybridized carbons (Fsp3) is 0.423. The van der Waals surface area contributed by atoms with Crippen LogP contribution in [0.15, 0.2) is 65.4 Å². The number of quaternary nitrogens is 1. The second kappa shape index (κ2) is 9.10. The first-order valence-corrected chi connectivity index (χ1v) is 13.3. The lowest BCUT2D eigenvalue weighted by molar-refractivity contribution is -0.946. The number of fused-ring (bicyclic) bond motifs is 3. The number of hydrogen-bond acceptors (Lipinski definition) is 5. The molecule has 0 amide bonds. The summed E-state index contributed by atoms with van der Waals surface area (Å²) >= 11 is 2.79. The summed E-state index contributed by atoms with van der Waals surface area (Å²) in [5.74, 6) is -0.118. The minimum absolute atomic E-state index is 0.117. The summed E-state index contributed by atoms with van der Waals surface area (Å²) in [5.41, 5.74) is -0.329. The van der Waals surface area contributed by atoms with Gasteiger partial charge in [-0.1, -0.05) is 42.5 Å². The van der Waals surface area contributed by atoms with E-state index < -0.39 is 11.6 Å². The van der Waals surface area contributed by atoms with Crippen LogP contribution in [0.4, 0.5) is 0 Å². The normalized spacial score (nSPS) is 25.0. The maximum absolute atomic E-state index is 13.4. The molecule has 3 aliphatic rings. The topological polar surface area (TPSA) is 46.5 Å². The summed E-state index contributed by atoms with van der Waals surface area (Å²) in [6.07, 6.45) is 4.31. The molecule has 5 heterocycles. The van der Waals surface area contributed by atoms with Crippen molar-refractivity contribution < 1.29 is 19.1 Å². The zero-order valence-electron chi connectivity index (χ0n) is 18.2. The second-order valence-corrected chi connectivity index (χ2v) is 11.1. The van der Waals surface area contributed by atoms with Crippen molar-refractivity contribution >= 4 is 28.6 Å². The first-order valence-electron chi connectivity index (χ1n) is 11.5. The Bertz CT molecular complexity index is 975. The summed E-state index contributed by atoms with van der Waals surface area (Å²) < 4.78 is 7.18. The largest absolute Gasteiger partial charge is 0.453 e. The van der Waals surface area contributed by atoms with Crippen molar-refractivity contribution in [3.63, 3.8) is 0 Å². The second-order valence-electron chi connectivity index (χ2n) is 9.23. The van der Waals surface area contributed by atoms with Gasteiger partial charge in [0, 0.05) is 25.2 Å². The van der Waals surface area contributed by atoms with Gasteiger partial charge >= 0.3 is 5.97 Å². The molecular formula is C26H30NO3S2+. The molecular weight excluding hydrogens is 438 g/mol. The van der Waals surface area contributed by atoms with E-state index in [1.54, 1.807) is 0 Å². The number of aryl methyl sites for hydroxylation is 1. The highest BCUT2D eigenvalue weighted by Gasteiger charge is 2.51. The molecule has 3 aromatic rings. The molecule has 2 bridgehead atoms. The smallest absolute Gasteiger partial charge is 0.349 e. The van der Waals surface area contributed by atoms with E-state index >= 15 is 0 Å². The number of carbonyl (C=O) groups excluding carboxylic acids is 1. The van der Waals surface area contributed by atoms with Crippen LogP contribution in [-0.4, -0.2) is 47.8 Å². The Morgan fingerprint density at radius 3 is 2.25 bits per heavy atom. The highest BCUT2D eigenvalue weighted by Crippen LogP contribution is 2.40. The highest BCUT2D eigenvalue weighted by atomic mass is 32.1. The van der Waals surface area contributed by atoms with E-state index in [2.05, 4.69) is 30.3 Å². The molecule has 1 unspecified atom stereocenters. The minimum atomic E-state index is -1.72. The van der Waals surface area contributed by atoms with Crippen molar-refractivity contribution in [1.29, 1.82) is 0 Å². The van der Waals surface area contributed by atoms with E-state index in [9.17, 15) is 9.90 Å². The summed E-state index contributed by atoms with van der Waals surface area (Å²) in [5, 5.41) is 15.4. The number of aliphatic hydroxyl groups is 1. The van der Waals surface area contributed by atoms with Crippen molar-refractivity contribution in [2.45, 2.75) is 37.4 Å². The molecule has 1 aromatic carbocycles. The number of piperidine rings is 3. The molecule has 1 N–H and O–H groups in total. The van der Waals surface area contributed by atoms with Crippen LogP contribution in [0, 0.1) is 5.92 Å². The molecule has 6 heteroatoms. The number of benzene rings is 1. The zero-order valence-corrected chi connectivity index (χ0v) is 19.8. The summed E-state index contributed by atoms with van der Waals surface area (Å²) in [6, 6.07) is 18.0. The van der Waals surface area contributed by atoms with Crippen LogP contribution in [0.1, 0.15) is 34.6 Å². The maximum Gasteiger partial charge on any atom is 0.349 e. The first-order chi connectivity index (χ1) is 15.6. The van der Waals surface area contributed by atoms with Gasteiger partial charge in [-0.25, -0.2) is 4.79 Å². The molecule has 2 aromatic heterocycles. The summed E-state index contributed by atoms with van der Waals surface area (Å²) in [6.45, 7) is 4.34. The number of carbonyl (C=O) groups is 1. The average Bonchev–Trinajstić information content (AvgIpc) is 3.55. The van der Waals surface area contributed by atoms with E-state index in [1.807, 2.05) is 35.0 Å². The lowest BCUT2D eigenvalue weighted by Crippen LogP contribution is -2.65. The number of esters is 1. The van der Waals surface area contributed by atoms with Crippen molar-refractivity contribution in [2.24, 2.45) is 5.92 Å². The third-order valence-corrected chi connectivity index (χ3v) is 9.25. The van der Waals surface area contributed by atoms with Gasteiger partial charge in [-0.3, -0.25) is 0 Å². The van der Waals surface area contributed by atoms with Gasteiger partial charge in [-0.05, 0) is 34.9 Å². The maximum atomic E-state index is 13.4. The van der Waals surface area contributed by atoms with Gasteiger partial charge < -0.3 is 14.3 Å². The van der Waals surface area contributed by atoms with Crippen LogP contribution in [0.5, 0.6) is 0 Å². The SMILES string of the molecule is O=C(OC1C[N+]2(CCCc3ccccc3)CCC1CC2)C(O)(c1cccs1)c1cccs1. The first kappa shape index (κ1) is 21.8. The molecule has 0 radical (unpaired) electrons. The van der Waals surface area contributed by atoms with Gasteiger partial charge in [-0.2, -0.15) is 0 Å². The molecule has 3 aliphatic heterocycles. The van der Waals surface area contributed by atoms with E-state index in [4.69, 9.17) is 4.74 Å². The Balaban J connectivity index is 1.28. The quantitative estimate of drug-likeness (QED) is 0.380. The highest BCUT2D eigenvalue weighted by molar-refractivity contribution is 7.12. The van der Waals surface area contributed by atoms with Gasteiger partial charge in [0.25, 0.3) is 0 Å². The number of hydrogen-bond donors (Lipinski definition) is 1. The molecule has 6 rings (SSSR count).